The first-order valence-corrected chi connectivity index (χ1v) is 29.2. The minimum absolute atomic E-state index is 0.308. The van der Waals surface area contributed by atoms with Crippen LogP contribution in [-0.4, -0.2) is 105 Å². The molecular formula is C70H80N4O10. The van der Waals surface area contributed by atoms with Gasteiger partial charge in [0.15, 0.2) is 0 Å². The number of piperidine rings is 2. The van der Waals surface area contributed by atoms with E-state index >= 15 is 0 Å². The zero-order valence-electron chi connectivity index (χ0n) is 48.9. The first kappa shape index (κ1) is 60.8. The van der Waals surface area contributed by atoms with Gasteiger partial charge in [0.2, 0.25) is 0 Å². The Morgan fingerprint density at radius 1 is 0.476 bits per heavy atom. The first-order valence-electron chi connectivity index (χ1n) is 29.2. The van der Waals surface area contributed by atoms with Crippen molar-refractivity contribution in [3.8, 4) is 23.0 Å². The second-order valence-corrected chi connectivity index (χ2v) is 21.1. The van der Waals surface area contributed by atoms with Crippen LogP contribution >= 0.6 is 0 Å². The SMILES string of the molecule is COC(=O)c1cccc2cc(CN[C@@H]3CNCC[C@@H]3c3ccc(OCCCOCc4ccccc4OC)cc3)ccc12.COC(=O)c1cccc2cc(CN[C@H]3CNCC[C@H]3c3ccc(OCCCOCc4ccccc4OC)cc3)ccc12. The smallest absolute Gasteiger partial charge is 0.338 e. The third-order valence-corrected chi connectivity index (χ3v) is 15.7. The highest BCUT2D eigenvalue weighted by molar-refractivity contribution is 6.05. The maximum absolute atomic E-state index is 12.1. The summed E-state index contributed by atoms with van der Waals surface area (Å²) in [5.41, 5.74) is 8.30. The van der Waals surface area contributed by atoms with Crippen molar-refractivity contribution in [1.29, 1.82) is 0 Å². The number of rotatable bonds is 26. The molecule has 2 aliphatic heterocycles. The van der Waals surface area contributed by atoms with Crippen molar-refractivity contribution in [2.45, 2.75) is 75.9 Å². The summed E-state index contributed by atoms with van der Waals surface area (Å²) in [5.74, 6) is 3.66. The Bertz CT molecular complexity index is 3130. The van der Waals surface area contributed by atoms with Crippen LogP contribution in [0.1, 0.15) is 91.6 Å². The molecule has 8 aromatic rings. The fourth-order valence-corrected chi connectivity index (χ4v) is 11.2. The van der Waals surface area contributed by atoms with Gasteiger partial charge in [0.05, 0.1) is 79.2 Å². The zero-order valence-corrected chi connectivity index (χ0v) is 48.9. The van der Waals surface area contributed by atoms with Gasteiger partial charge >= 0.3 is 11.9 Å². The monoisotopic (exact) mass is 1140 g/mol. The largest absolute Gasteiger partial charge is 0.496 e. The van der Waals surface area contributed by atoms with Gasteiger partial charge in [-0.1, -0.05) is 109 Å². The molecule has 14 nitrogen and oxygen atoms in total. The molecule has 2 fully saturated rings. The Morgan fingerprint density at radius 2 is 0.905 bits per heavy atom. The van der Waals surface area contributed by atoms with E-state index in [2.05, 4.69) is 94.1 Å². The molecule has 440 valence electrons. The normalized spacial score (nSPS) is 16.7. The molecule has 84 heavy (non-hydrogen) atoms. The topological polar surface area (TPSA) is 156 Å². The van der Waals surface area contributed by atoms with Crippen LogP contribution in [0.4, 0.5) is 0 Å². The molecule has 0 aromatic heterocycles. The number of carbonyl (C=O) groups excluding carboxylic acids is 2. The van der Waals surface area contributed by atoms with Crippen LogP contribution in [0, 0.1) is 0 Å². The molecule has 4 N–H and O–H groups in total. The van der Waals surface area contributed by atoms with E-state index in [-0.39, 0.29) is 11.9 Å². The van der Waals surface area contributed by atoms with Crippen molar-refractivity contribution in [3.63, 3.8) is 0 Å². The van der Waals surface area contributed by atoms with Gasteiger partial charge in [-0.15, -0.1) is 0 Å². The number of fused-ring (bicyclic) bond motifs is 2. The third kappa shape index (κ3) is 16.7. The van der Waals surface area contributed by atoms with Gasteiger partial charge in [0, 0.05) is 74.1 Å². The van der Waals surface area contributed by atoms with E-state index < -0.39 is 0 Å². The van der Waals surface area contributed by atoms with Gasteiger partial charge in [0.1, 0.15) is 23.0 Å². The molecule has 0 radical (unpaired) electrons. The number of benzene rings is 8. The highest BCUT2D eigenvalue weighted by Gasteiger charge is 2.28. The van der Waals surface area contributed by atoms with E-state index in [1.165, 1.54) is 36.5 Å². The average Bonchev–Trinajstić information content (AvgIpc) is 3.75. The first-order chi connectivity index (χ1) is 41.3. The minimum Gasteiger partial charge on any atom is -0.496 e. The summed E-state index contributed by atoms with van der Waals surface area (Å²) in [6.07, 6.45) is 3.77. The molecule has 0 aliphatic carbocycles. The maximum Gasteiger partial charge on any atom is 0.338 e. The predicted molar refractivity (Wildman–Crippen MR) is 331 cm³/mol. The number of nitrogens with one attached hydrogen (secondary N) is 4. The maximum atomic E-state index is 12.1. The quantitative estimate of drug-likeness (QED) is 0.0300. The molecule has 0 amide bonds. The van der Waals surface area contributed by atoms with Crippen molar-refractivity contribution in [3.05, 3.63) is 214 Å². The van der Waals surface area contributed by atoms with Crippen LogP contribution < -0.4 is 40.2 Å². The lowest BCUT2D eigenvalue weighted by atomic mass is 9.86. The van der Waals surface area contributed by atoms with Crippen LogP contribution in [0.2, 0.25) is 0 Å². The molecule has 4 atom stereocenters. The van der Waals surface area contributed by atoms with E-state index in [1.54, 1.807) is 26.4 Å². The molecular weight excluding hydrogens is 1060 g/mol. The van der Waals surface area contributed by atoms with Gasteiger partial charge in [-0.3, -0.25) is 0 Å². The summed E-state index contributed by atoms with van der Waals surface area (Å²) >= 11 is 0. The number of methoxy groups -OCH3 is 4. The van der Waals surface area contributed by atoms with Crippen LogP contribution in [-0.2, 0) is 45.3 Å². The summed E-state index contributed by atoms with van der Waals surface area (Å²) in [5, 5.41) is 18.5. The van der Waals surface area contributed by atoms with Crippen LogP contribution in [0.25, 0.3) is 21.5 Å². The Kier molecular flexibility index (Phi) is 23.0. The number of hydrogen-bond donors (Lipinski definition) is 4. The lowest BCUT2D eigenvalue weighted by Crippen LogP contribution is -2.47. The van der Waals surface area contributed by atoms with Crippen LogP contribution in [0.3, 0.4) is 0 Å². The molecule has 0 bridgehead atoms. The second-order valence-electron chi connectivity index (χ2n) is 21.1. The summed E-state index contributed by atoms with van der Waals surface area (Å²) < 4.78 is 44.2. The van der Waals surface area contributed by atoms with E-state index in [0.29, 0.717) is 74.7 Å². The van der Waals surface area contributed by atoms with Crippen molar-refractivity contribution in [2.75, 3.05) is 81.0 Å². The van der Waals surface area contributed by atoms with Crippen LogP contribution in [0.5, 0.6) is 23.0 Å². The predicted octanol–water partition coefficient (Wildman–Crippen LogP) is 11.7. The summed E-state index contributed by atoms with van der Waals surface area (Å²) in [6, 6.07) is 57.5. The third-order valence-electron chi connectivity index (χ3n) is 15.7. The molecule has 2 saturated heterocycles. The van der Waals surface area contributed by atoms with Gasteiger partial charge < -0.3 is 59.2 Å². The Balaban J connectivity index is 0.000000202. The molecule has 2 aliphatic rings. The fraction of sp³-hybridized carbons (Fsp3) is 0.343. The van der Waals surface area contributed by atoms with Crippen molar-refractivity contribution in [2.24, 2.45) is 0 Å². The minimum atomic E-state index is -0.312. The van der Waals surface area contributed by atoms with Crippen molar-refractivity contribution in [1.82, 2.24) is 21.3 Å². The van der Waals surface area contributed by atoms with E-state index in [9.17, 15) is 9.59 Å². The van der Waals surface area contributed by atoms with Gasteiger partial charge in [0.25, 0.3) is 0 Å². The zero-order chi connectivity index (χ0) is 58.3. The molecule has 8 aromatic carbocycles. The van der Waals surface area contributed by atoms with Gasteiger partial charge in [-0.25, -0.2) is 9.59 Å². The number of carbonyl (C=O) groups is 2. The molecule has 0 unspecified atom stereocenters. The number of hydrogen-bond acceptors (Lipinski definition) is 14. The summed E-state index contributed by atoms with van der Waals surface area (Å²) in [4.78, 5) is 24.3. The lowest BCUT2D eigenvalue weighted by Gasteiger charge is -2.33. The number of ether oxygens (including phenoxy) is 8. The Labute approximate surface area is 494 Å². The molecule has 0 saturated carbocycles. The van der Waals surface area contributed by atoms with E-state index in [0.717, 1.165) is 121 Å². The van der Waals surface area contributed by atoms with Crippen LogP contribution in [0.15, 0.2) is 170 Å². The molecule has 14 heteroatoms. The van der Waals surface area contributed by atoms with E-state index in [4.69, 9.17) is 37.9 Å². The summed E-state index contributed by atoms with van der Waals surface area (Å²) in [7, 11) is 6.18. The molecule has 2 heterocycles. The fourth-order valence-electron chi connectivity index (χ4n) is 11.2. The summed E-state index contributed by atoms with van der Waals surface area (Å²) in [6.45, 7) is 8.86. The van der Waals surface area contributed by atoms with Crippen molar-refractivity contribution >= 4 is 33.5 Å². The Hall–Kier alpha value is -7.82. The molecule has 0 spiro atoms. The lowest BCUT2D eigenvalue weighted by molar-refractivity contribution is 0.0594. The van der Waals surface area contributed by atoms with Gasteiger partial charge in [-0.05, 0) is 130 Å². The average molecular weight is 1140 g/mol. The standard InChI is InChI=1S/2C35H40N2O5/c2*1-39-34-10-4-3-7-28(34)24-41-19-6-20-42-29-14-12-26(13-15-29)31-17-18-36-23-33(31)37-22-25-11-16-30-27(21-25)8-5-9-32(30)35(38)40-2/h2*3-5,7-16,21,31,33,36-37H,6,17-20,22-24H2,1-2H3/t2*31-,33-/m10/s1. The van der Waals surface area contributed by atoms with Gasteiger partial charge in [-0.2, -0.15) is 0 Å². The molecule has 10 rings (SSSR count). The Morgan fingerprint density at radius 3 is 1.32 bits per heavy atom. The highest BCUT2D eigenvalue weighted by atomic mass is 16.5. The second kappa shape index (κ2) is 31.7. The van der Waals surface area contributed by atoms with Crippen molar-refractivity contribution < 1.29 is 47.5 Å². The highest BCUT2D eigenvalue weighted by Crippen LogP contribution is 2.31. The number of esters is 2. The van der Waals surface area contributed by atoms with E-state index in [1.807, 2.05) is 84.9 Å². The number of para-hydroxylation sites is 2.